The number of nitrogens with zero attached hydrogens (tertiary/aromatic N) is 1. The minimum atomic E-state index is -3.41. The predicted octanol–water partition coefficient (Wildman–Crippen LogP) is 3.84. The number of amides is 1. The number of fused-ring (bicyclic) bond motifs is 1. The maximum Gasteiger partial charge on any atom is 0.229 e. The molecule has 0 spiro atoms. The van der Waals surface area contributed by atoms with E-state index in [1.54, 1.807) is 18.2 Å². The van der Waals surface area contributed by atoms with Crippen molar-refractivity contribution in [2.24, 2.45) is 0 Å². The highest BCUT2D eigenvalue weighted by Crippen LogP contribution is 2.33. The van der Waals surface area contributed by atoms with Crippen LogP contribution in [0, 0.1) is 0 Å². The Bertz CT molecular complexity index is 1100. The predicted molar refractivity (Wildman–Crippen MR) is 115 cm³/mol. The fourth-order valence-electron chi connectivity index (χ4n) is 4.07. The summed E-state index contributed by atoms with van der Waals surface area (Å²) in [5, 5.41) is 1.14. The second kappa shape index (κ2) is 7.91. The number of likely N-dealkylation sites (tertiary alicyclic amines) is 1. The molecular weight excluding hydrogens is 386 g/mol. The van der Waals surface area contributed by atoms with Gasteiger partial charge in [-0.3, -0.25) is 9.52 Å². The van der Waals surface area contributed by atoms with Crippen molar-refractivity contribution in [3.8, 4) is 0 Å². The van der Waals surface area contributed by atoms with Gasteiger partial charge in [0, 0.05) is 17.8 Å². The molecular formula is C22H25N3O3S. The van der Waals surface area contributed by atoms with E-state index in [1.807, 2.05) is 29.2 Å². The van der Waals surface area contributed by atoms with Crippen molar-refractivity contribution < 1.29 is 13.2 Å². The van der Waals surface area contributed by atoms with Crippen LogP contribution in [0.15, 0.2) is 54.6 Å². The smallest absolute Gasteiger partial charge is 0.229 e. The van der Waals surface area contributed by atoms with Gasteiger partial charge in [-0.2, -0.15) is 0 Å². The minimum absolute atomic E-state index is 0.0103. The maximum absolute atomic E-state index is 13.2. The van der Waals surface area contributed by atoms with E-state index in [0.717, 1.165) is 42.1 Å². The van der Waals surface area contributed by atoms with E-state index in [1.165, 1.54) is 0 Å². The van der Waals surface area contributed by atoms with E-state index in [-0.39, 0.29) is 18.4 Å². The lowest BCUT2D eigenvalue weighted by Crippen LogP contribution is -2.39. The van der Waals surface area contributed by atoms with Crippen LogP contribution in [0.4, 0.5) is 5.69 Å². The van der Waals surface area contributed by atoms with Gasteiger partial charge in [0.2, 0.25) is 15.9 Å². The Morgan fingerprint density at radius 2 is 1.90 bits per heavy atom. The molecule has 1 aliphatic heterocycles. The molecule has 2 aromatic carbocycles. The van der Waals surface area contributed by atoms with Crippen molar-refractivity contribution in [1.82, 2.24) is 9.88 Å². The summed E-state index contributed by atoms with van der Waals surface area (Å²) in [5.41, 5.74) is 3.27. The molecule has 0 aliphatic carbocycles. The summed E-state index contributed by atoms with van der Waals surface area (Å²) in [4.78, 5) is 18.6. The van der Waals surface area contributed by atoms with Gasteiger partial charge in [-0.05, 0) is 48.4 Å². The lowest BCUT2D eigenvalue weighted by molar-refractivity contribution is -0.134. The maximum atomic E-state index is 13.2. The monoisotopic (exact) mass is 411 g/mol. The zero-order valence-electron chi connectivity index (χ0n) is 16.4. The largest absolute Gasteiger partial charge is 0.357 e. The second-order valence-corrected chi connectivity index (χ2v) is 9.37. The number of aromatic nitrogens is 1. The average Bonchev–Trinajstić information content (AvgIpc) is 3.12. The van der Waals surface area contributed by atoms with Crippen LogP contribution in [-0.2, 0) is 21.2 Å². The van der Waals surface area contributed by atoms with Crippen molar-refractivity contribution in [3.63, 3.8) is 0 Å². The number of anilines is 1. The van der Waals surface area contributed by atoms with Crippen molar-refractivity contribution in [2.75, 3.05) is 17.5 Å². The van der Waals surface area contributed by atoms with Crippen LogP contribution < -0.4 is 4.72 Å². The first-order chi connectivity index (χ1) is 13.9. The van der Waals surface area contributed by atoms with Gasteiger partial charge in [0.05, 0.1) is 24.4 Å². The summed E-state index contributed by atoms with van der Waals surface area (Å²) in [6.45, 7) is 0.709. The molecule has 29 heavy (non-hydrogen) atoms. The molecule has 0 saturated carbocycles. The van der Waals surface area contributed by atoms with Crippen LogP contribution in [-0.4, -0.2) is 37.0 Å². The summed E-state index contributed by atoms with van der Waals surface area (Å²) in [6.07, 6.45) is 4.25. The van der Waals surface area contributed by atoms with Gasteiger partial charge in [0.1, 0.15) is 0 Å². The minimum Gasteiger partial charge on any atom is -0.357 e. The molecule has 7 heteroatoms. The molecule has 2 heterocycles. The van der Waals surface area contributed by atoms with Gasteiger partial charge >= 0.3 is 0 Å². The van der Waals surface area contributed by atoms with Gasteiger partial charge in [-0.1, -0.05) is 36.4 Å². The summed E-state index contributed by atoms with van der Waals surface area (Å²) in [7, 11) is -3.41. The Labute approximate surface area is 171 Å². The number of hydrogen-bond donors (Lipinski definition) is 2. The molecule has 6 nitrogen and oxygen atoms in total. The SMILES string of the molecule is CS(=O)(=O)Nc1ccccc1CC(=O)N1CCCCC1c1cc2ccccc2[nH]1. The fourth-order valence-corrected chi connectivity index (χ4v) is 4.67. The summed E-state index contributed by atoms with van der Waals surface area (Å²) >= 11 is 0. The van der Waals surface area contributed by atoms with Gasteiger partial charge in [0.25, 0.3) is 0 Å². The molecule has 1 fully saturated rings. The number of hydrogen-bond acceptors (Lipinski definition) is 3. The molecule has 1 unspecified atom stereocenters. The van der Waals surface area contributed by atoms with Crippen LogP contribution in [0.25, 0.3) is 10.9 Å². The lowest BCUT2D eigenvalue weighted by atomic mass is 9.98. The highest BCUT2D eigenvalue weighted by molar-refractivity contribution is 7.92. The molecule has 1 atom stereocenters. The summed E-state index contributed by atoms with van der Waals surface area (Å²) in [6, 6.07) is 17.3. The number of carbonyl (C=O) groups excluding carboxylic acids is 1. The third-order valence-electron chi connectivity index (χ3n) is 5.39. The topological polar surface area (TPSA) is 82.3 Å². The standard InChI is InChI=1S/C22H25N3O3S/c1-29(27,28)24-19-11-5-3-9-17(19)15-22(26)25-13-7-6-12-21(25)20-14-16-8-2-4-10-18(16)23-20/h2-5,8-11,14,21,23-24H,6-7,12-13,15H2,1H3. The van der Waals surface area contributed by atoms with Crippen LogP contribution in [0.5, 0.6) is 0 Å². The third-order valence-corrected chi connectivity index (χ3v) is 5.98. The number of para-hydroxylation sites is 2. The molecule has 1 saturated heterocycles. The first-order valence-corrected chi connectivity index (χ1v) is 11.7. The molecule has 0 radical (unpaired) electrons. The number of H-pyrrole nitrogens is 1. The molecule has 4 rings (SSSR count). The van der Waals surface area contributed by atoms with Gasteiger partial charge in [-0.15, -0.1) is 0 Å². The Hall–Kier alpha value is -2.80. The number of benzene rings is 2. The van der Waals surface area contributed by atoms with Crippen LogP contribution in [0.3, 0.4) is 0 Å². The zero-order valence-corrected chi connectivity index (χ0v) is 17.2. The summed E-state index contributed by atoms with van der Waals surface area (Å²) < 4.78 is 25.8. The Balaban J connectivity index is 1.58. The van der Waals surface area contributed by atoms with E-state index in [0.29, 0.717) is 17.8 Å². The molecule has 1 aliphatic rings. The first-order valence-electron chi connectivity index (χ1n) is 9.83. The highest BCUT2D eigenvalue weighted by Gasteiger charge is 2.29. The second-order valence-electron chi connectivity index (χ2n) is 7.62. The van der Waals surface area contributed by atoms with Crippen LogP contribution in [0.2, 0.25) is 0 Å². The number of carbonyl (C=O) groups is 1. The molecule has 1 aromatic heterocycles. The third kappa shape index (κ3) is 4.45. The summed E-state index contributed by atoms with van der Waals surface area (Å²) in [5.74, 6) is 0.0103. The van der Waals surface area contributed by atoms with Crippen molar-refractivity contribution in [3.05, 3.63) is 65.9 Å². The molecule has 152 valence electrons. The van der Waals surface area contributed by atoms with Crippen LogP contribution in [0.1, 0.15) is 36.6 Å². The van der Waals surface area contributed by atoms with Crippen molar-refractivity contribution in [2.45, 2.75) is 31.7 Å². The first kappa shape index (κ1) is 19.5. The van der Waals surface area contributed by atoms with E-state index in [4.69, 9.17) is 0 Å². The van der Waals surface area contributed by atoms with Crippen molar-refractivity contribution >= 4 is 32.5 Å². The van der Waals surface area contributed by atoms with E-state index < -0.39 is 10.0 Å². The number of rotatable bonds is 5. The molecule has 2 N–H and O–H groups in total. The number of aromatic amines is 1. The van der Waals surface area contributed by atoms with E-state index >= 15 is 0 Å². The average molecular weight is 412 g/mol. The fraction of sp³-hybridized carbons (Fsp3) is 0.318. The zero-order chi connectivity index (χ0) is 20.4. The number of nitrogens with one attached hydrogen (secondary N) is 2. The number of sulfonamides is 1. The number of piperidine rings is 1. The van der Waals surface area contributed by atoms with Gasteiger partial charge in [-0.25, -0.2) is 8.42 Å². The van der Waals surface area contributed by atoms with E-state index in [9.17, 15) is 13.2 Å². The quantitative estimate of drug-likeness (QED) is 0.669. The Morgan fingerprint density at radius 1 is 1.14 bits per heavy atom. The Kier molecular flexibility index (Phi) is 5.32. The lowest BCUT2D eigenvalue weighted by Gasteiger charge is -2.35. The van der Waals surface area contributed by atoms with Gasteiger partial charge < -0.3 is 9.88 Å². The molecule has 1 amide bonds. The molecule has 3 aromatic rings. The van der Waals surface area contributed by atoms with E-state index in [2.05, 4.69) is 21.8 Å². The molecule has 0 bridgehead atoms. The van der Waals surface area contributed by atoms with Crippen molar-refractivity contribution in [1.29, 1.82) is 0 Å². The van der Waals surface area contributed by atoms with Crippen LogP contribution >= 0.6 is 0 Å². The van der Waals surface area contributed by atoms with Gasteiger partial charge in [0.15, 0.2) is 0 Å². The Morgan fingerprint density at radius 3 is 2.69 bits per heavy atom. The highest BCUT2D eigenvalue weighted by atomic mass is 32.2. The normalized spacial score (nSPS) is 17.4.